The van der Waals surface area contributed by atoms with Crippen LogP contribution in [0.15, 0.2) is 91.7 Å². The minimum absolute atomic E-state index is 0.538. The molecule has 7 heteroatoms. The van der Waals surface area contributed by atoms with Crippen LogP contribution in [0.4, 0.5) is 5.69 Å². The highest BCUT2D eigenvalue weighted by Gasteiger charge is 2.18. The zero-order chi connectivity index (χ0) is 26.2. The Hall–Kier alpha value is -4.78. The van der Waals surface area contributed by atoms with Crippen molar-refractivity contribution in [3.8, 4) is 33.8 Å². The Kier molecular flexibility index (Phi) is 5.89. The summed E-state index contributed by atoms with van der Waals surface area (Å²) < 4.78 is 0. The average Bonchev–Trinajstić information content (AvgIpc) is 3.62. The molecule has 0 amide bonds. The van der Waals surface area contributed by atoms with Crippen molar-refractivity contribution in [2.75, 3.05) is 5.32 Å². The number of benzene rings is 1. The third-order valence-corrected chi connectivity index (χ3v) is 7.77. The molecule has 5 heterocycles. The van der Waals surface area contributed by atoms with Crippen LogP contribution < -0.4 is 5.32 Å². The first kappa shape index (κ1) is 23.3. The number of allylic oxidation sites excluding steroid dienone is 1. The summed E-state index contributed by atoms with van der Waals surface area (Å²) >= 11 is 0. The number of pyridine rings is 3. The van der Waals surface area contributed by atoms with Gasteiger partial charge in [-0.15, -0.1) is 0 Å². The number of aromatic amines is 2. The molecule has 7 rings (SSSR count). The van der Waals surface area contributed by atoms with Crippen LogP contribution in [0.2, 0.25) is 0 Å². The molecular weight excluding hydrogens is 482 g/mol. The van der Waals surface area contributed by atoms with Gasteiger partial charge in [0.15, 0.2) is 0 Å². The van der Waals surface area contributed by atoms with Crippen LogP contribution in [0.25, 0.3) is 55.7 Å². The maximum absolute atomic E-state index is 4.67. The zero-order valence-electron chi connectivity index (χ0n) is 21.6. The van der Waals surface area contributed by atoms with E-state index in [1.165, 1.54) is 32.1 Å². The molecule has 0 bridgehead atoms. The van der Waals surface area contributed by atoms with E-state index in [1.54, 1.807) is 0 Å². The first-order valence-corrected chi connectivity index (χ1v) is 13.5. The van der Waals surface area contributed by atoms with Gasteiger partial charge in [-0.1, -0.05) is 38.0 Å². The highest BCUT2D eigenvalue weighted by Crippen LogP contribution is 2.35. The highest BCUT2D eigenvalue weighted by molar-refractivity contribution is 6.00. The van der Waals surface area contributed by atoms with Gasteiger partial charge in [0.1, 0.15) is 11.3 Å². The summed E-state index contributed by atoms with van der Waals surface area (Å²) in [6.45, 7) is 4.33. The van der Waals surface area contributed by atoms with Gasteiger partial charge in [-0.25, -0.2) is 4.98 Å². The number of H-pyrrole nitrogens is 2. The largest absolute Gasteiger partial charge is 0.358 e. The van der Waals surface area contributed by atoms with Crippen molar-refractivity contribution in [1.82, 2.24) is 30.1 Å². The number of nitrogens with one attached hydrogen (secondary N) is 3. The van der Waals surface area contributed by atoms with Gasteiger partial charge in [0, 0.05) is 46.2 Å². The molecule has 1 saturated carbocycles. The van der Waals surface area contributed by atoms with Crippen LogP contribution in [-0.4, -0.2) is 30.1 Å². The summed E-state index contributed by atoms with van der Waals surface area (Å²) in [5.74, 6) is 0.538. The van der Waals surface area contributed by atoms with Crippen molar-refractivity contribution >= 4 is 27.6 Å². The lowest BCUT2D eigenvalue weighted by Crippen LogP contribution is -2.14. The second-order valence-electron chi connectivity index (χ2n) is 10.3. The lowest BCUT2D eigenvalue weighted by Gasteiger charge is -2.24. The van der Waals surface area contributed by atoms with Crippen molar-refractivity contribution in [3.63, 3.8) is 0 Å². The second kappa shape index (κ2) is 9.83. The highest BCUT2D eigenvalue weighted by atomic mass is 15.1. The van der Waals surface area contributed by atoms with Gasteiger partial charge >= 0.3 is 0 Å². The normalized spacial score (nSPS) is 14.2. The van der Waals surface area contributed by atoms with E-state index in [0.717, 1.165) is 67.1 Å². The fraction of sp³-hybridized carbons (Fsp3) is 0.188. The van der Waals surface area contributed by atoms with Gasteiger partial charge in [0.05, 0.1) is 28.8 Å². The van der Waals surface area contributed by atoms with E-state index in [1.807, 2.05) is 49.1 Å². The molecule has 5 aromatic heterocycles. The molecule has 0 spiro atoms. The molecule has 39 heavy (non-hydrogen) atoms. The molecule has 0 aliphatic heterocycles. The maximum Gasteiger partial charge on any atom is 0.138 e. The van der Waals surface area contributed by atoms with Crippen LogP contribution in [0.3, 0.4) is 0 Å². The topological polar surface area (TPSA) is 95.2 Å². The van der Waals surface area contributed by atoms with Gasteiger partial charge in [-0.05, 0) is 66.8 Å². The first-order chi connectivity index (χ1) is 19.2. The molecule has 1 aliphatic carbocycles. The summed E-state index contributed by atoms with van der Waals surface area (Å²) in [7, 11) is 0. The van der Waals surface area contributed by atoms with Crippen molar-refractivity contribution in [1.29, 1.82) is 0 Å². The van der Waals surface area contributed by atoms with Gasteiger partial charge in [0.25, 0.3) is 0 Å². The van der Waals surface area contributed by atoms with Crippen LogP contribution in [-0.2, 0) is 0 Å². The maximum atomic E-state index is 4.67. The minimum atomic E-state index is 0.538. The number of aromatic nitrogens is 6. The average molecular weight is 512 g/mol. The van der Waals surface area contributed by atoms with E-state index in [0.29, 0.717) is 5.92 Å². The van der Waals surface area contributed by atoms with Gasteiger partial charge in [-0.3, -0.25) is 15.1 Å². The number of hydrogen-bond acceptors (Lipinski definition) is 5. The lowest BCUT2D eigenvalue weighted by molar-refractivity contribution is 0.405. The van der Waals surface area contributed by atoms with E-state index in [9.17, 15) is 0 Å². The number of hydrogen-bond donors (Lipinski definition) is 3. The number of nitrogens with zero attached hydrogens (tertiary/aromatic N) is 4. The summed E-state index contributed by atoms with van der Waals surface area (Å²) in [4.78, 5) is 17.1. The molecule has 0 radical (unpaired) electrons. The molecule has 1 aromatic carbocycles. The van der Waals surface area contributed by atoms with Gasteiger partial charge < -0.3 is 10.3 Å². The number of anilines is 1. The van der Waals surface area contributed by atoms with Crippen molar-refractivity contribution in [2.45, 2.75) is 32.1 Å². The molecule has 6 aromatic rings. The number of fused-ring (bicyclic) bond motifs is 2. The van der Waals surface area contributed by atoms with Crippen molar-refractivity contribution in [3.05, 3.63) is 91.7 Å². The molecular formula is C32H29N7. The molecule has 7 nitrogen and oxygen atoms in total. The van der Waals surface area contributed by atoms with E-state index in [4.69, 9.17) is 0 Å². The molecule has 0 saturated heterocycles. The standard InChI is InChI=1S/C32H29N7/c1-20(21-7-3-2-4-8-21)36-24-15-23(18-33-19-24)22-10-11-29-27(16-22)31(39-38-29)30-17-26-25(12-14-35-32(26)37-30)28-9-5-6-13-34-28/h5-6,9-19,21,36H,1-4,7-8H2,(H,35,37)(H,38,39). The Morgan fingerprint density at radius 2 is 1.79 bits per heavy atom. The van der Waals surface area contributed by atoms with Gasteiger partial charge in [0.2, 0.25) is 0 Å². The van der Waals surface area contributed by atoms with Crippen LogP contribution in [0.5, 0.6) is 0 Å². The van der Waals surface area contributed by atoms with Crippen LogP contribution >= 0.6 is 0 Å². The van der Waals surface area contributed by atoms with Crippen LogP contribution in [0.1, 0.15) is 32.1 Å². The molecule has 1 fully saturated rings. The zero-order valence-corrected chi connectivity index (χ0v) is 21.6. The monoisotopic (exact) mass is 511 g/mol. The molecule has 3 N–H and O–H groups in total. The molecule has 192 valence electrons. The fourth-order valence-electron chi connectivity index (χ4n) is 5.70. The summed E-state index contributed by atoms with van der Waals surface area (Å²) in [6.07, 6.45) is 13.7. The predicted molar refractivity (Wildman–Crippen MR) is 157 cm³/mol. The lowest BCUT2D eigenvalue weighted by atomic mass is 9.87. The van der Waals surface area contributed by atoms with E-state index in [2.05, 4.69) is 72.4 Å². The van der Waals surface area contributed by atoms with E-state index in [-0.39, 0.29) is 0 Å². The molecule has 0 atom stereocenters. The molecule has 1 aliphatic rings. The Balaban J connectivity index is 1.23. The Morgan fingerprint density at radius 1 is 0.872 bits per heavy atom. The smallest absolute Gasteiger partial charge is 0.138 e. The minimum Gasteiger partial charge on any atom is -0.358 e. The first-order valence-electron chi connectivity index (χ1n) is 13.5. The van der Waals surface area contributed by atoms with E-state index < -0.39 is 0 Å². The summed E-state index contributed by atoms with van der Waals surface area (Å²) in [5, 5.41) is 13.4. The fourth-order valence-corrected chi connectivity index (χ4v) is 5.70. The quantitative estimate of drug-likeness (QED) is 0.213. The van der Waals surface area contributed by atoms with Crippen LogP contribution in [0, 0.1) is 5.92 Å². The van der Waals surface area contributed by atoms with Crippen molar-refractivity contribution < 1.29 is 0 Å². The van der Waals surface area contributed by atoms with E-state index >= 15 is 0 Å². The summed E-state index contributed by atoms with van der Waals surface area (Å²) in [6, 6.07) is 18.5. The molecule has 0 unspecified atom stereocenters. The number of rotatable bonds is 6. The third kappa shape index (κ3) is 4.46. The summed E-state index contributed by atoms with van der Waals surface area (Å²) in [5.41, 5.74) is 9.67. The Labute approximate surface area is 226 Å². The van der Waals surface area contributed by atoms with Gasteiger partial charge in [-0.2, -0.15) is 5.10 Å². The predicted octanol–water partition coefficient (Wildman–Crippen LogP) is 7.74. The Bertz CT molecular complexity index is 1790. The third-order valence-electron chi connectivity index (χ3n) is 7.77. The second-order valence-corrected chi connectivity index (χ2v) is 10.3. The SMILES string of the molecule is C=C(Nc1cncc(-c2ccc3[nH]nc(-c4cc5c(-c6ccccn6)ccnc5[nH]4)c3c2)c1)C1CCCCC1. The van der Waals surface area contributed by atoms with Crippen molar-refractivity contribution in [2.24, 2.45) is 5.92 Å². The Morgan fingerprint density at radius 3 is 2.67 bits per heavy atom.